The Kier molecular flexibility index (Phi) is 6.82. The maximum absolute atomic E-state index is 12.8. The topological polar surface area (TPSA) is 84.9 Å². The summed E-state index contributed by atoms with van der Waals surface area (Å²) in [7, 11) is -1.03. The number of ether oxygens (including phenoxy) is 2. The largest absolute Gasteiger partial charge is 0.495 e. The van der Waals surface area contributed by atoms with Gasteiger partial charge < -0.3 is 14.8 Å². The molecule has 1 fully saturated rings. The Balaban J connectivity index is 0.00000264. The summed E-state index contributed by atoms with van der Waals surface area (Å²) in [6.07, 6.45) is 0. The van der Waals surface area contributed by atoms with Crippen LogP contribution in [0.3, 0.4) is 0 Å². The fourth-order valence-electron chi connectivity index (χ4n) is 2.38. The van der Waals surface area contributed by atoms with E-state index in [4.69, 9.17) is 4.74 Å². The van der Waals surface area contributed by atoms with Crippen molar-refractivity contribution < 1.29 is 22.7 Å². The van der Waals surface area contributed by atoms with Gasteiger partial charge in [-0.15, -0.1) is 12.4 Å². The molecule has 1 N–H and O–H groups in total. The number of methoxy groups -OCH3 is 2. The summed E-state index contributed by atoms with van der Waals surface area (Å²) in [5, 5.41) is 3.20. The Morgan fingerprint density at radius 3 is 2.61 bits per heavy atom. The predicted molar refractivity (Wildman–Crippen MR) is 87.8 cm³/mol. The van der Waals surface area contributed by atoms with Crippen molar-refractivity contribution in [3.63, 3.8) is 0 Å². The van der Waals surface area contributed by atoms with Crippen LogP contribution < -0.4 is 10.1 Å². The summed E-state index contributed by atoms with van der Waals surface area (Å²) < 4.78 is 36.7. The third kappa shape index (κ3) is 4.14. The van der Waals surface area contributed by atoms with Crippen LogP contribution >= 0.6 is 12.4 Å². The van der Waals surface area contributed by atoms with Gasteiger partial charge in [0.25, 0.3) is 0 Å². The highest BCUT2D eigenvalue weighted by Crippen LogP contribution is 2.28. The van der Waals surface area contributed by atoms with Crippen molar-refractivity contribution in [1.29, 1.82) is 0 Å². The maximum Gasteiger partial charge on any atom is 0.337 e. The van der Waals surface area contributed by atoms with Gasteiger partial charge in [0.1, 0.15) is 10.6 Å². The third-order valence-corrected chi connectivity index (χ3v) is 5.44. The van der Waals surface area contributed by atoms with E-state index in [0.29, 0.717) is 19.6 Å². The van der Waals surface area contributed by atoms with Crippen LogP contribution in [0.5, 0.6) is 5.75 Å². The molecule has 0 radical (unpaired) electrons. The van der Waals surface area contributed by atoms with E-state index in [1.807, 2.05) is 6.92 Å². The average Bonchev–Trinajstić information content (AvgIpc) is 2.53. The number of esters is 1. The molecule has 1 saturated heterocycles. The van der Waals surface area contributed by atoms with Crippen molar-refractivity contribution >= 4 is 28.4 Å². The average molecular weight is 365 g/mol. The number of nitrogens with one attached hydrogen (secondary N) is 1. The molecule has 7 nitrogen and oxygen atoms in total. The van der Waals surface area contributed by atoms with Crippen LogP contribution in [0.2, 0.25) is 0 Å². The molecule has 0 aliphatic carbocycles. The molecule has 0 spiro atoms. The zero-order valence-electron chi connectivity index (χ0n) is 13.2. The van der Waals surface area contributed by atoms with Gasteiger partial charge in [0.2, 0.25) is 10.0 Å². The molecule has 1 aliphatic rings. The summed E-state index contributed by atoms with van der Waals surface area (Å²) in [6.45, 7) is 3.32. The molecule has 1 heterocycles. The number of hydrogen-bond donors (Lipinski definition) is 1. The van der Waals surface area contributed by atoms with Crippen LogP contribution in [0.25, 0.3) is 0 Å². The first-order valence-electron chi connectivity index (χ1n) is 6.90. The second kappa shape index (κ2) is 7.96. The van der Waals surface area contributed by atoms with E-state index in [1.165, 1.54) is 36.7 Å². The number of carbonyl (C=O) groups is 1. The number of sulfonamides is 1. The first kappa shape index (κ1) is 19.7. The number of benzene rings is 1. The van der Waals surface area contributed by atoms with Crippen molar-refractivity contribution in [2.75, 3.05) is 33.9 Å². The van der Waals surface area contributed by atoms with Crippen molar-refractivity contribution in [2.45, 2.75) is 17.9 Å². The fraction of sp³-hybridized carbons (Fsp3) is 0.500. The Labute approximate surface area is 142 Å². The van der Waals surface area contributed by atoms with E-state index < -0.39 is 16.0 Å². The molecule has 1 atom stereocenters. The van der Waals surface area contributed by atoms with Gasteiger partial charge in [-0.3, -0.25) is 0 Å². The molecule has 130 valence electrons. The lowest BCUT2D eigenvalue weighted by Gasteiger charge is -2.31. The molecule has 9 heteroatoms. The van der Waals surface area contributed by atoms with Gasteiger partial charge in [-0.25, -0.2) is 13.2 Å². The van der Waals surface area contributed by atoms with E-state index in [9.17, 15) is 13.2 Å². The highest BCUT2D eigenvalue weighted by Gasteiger charge is 2.31. The molecule has 1 aliphatic heterocycles. The van der Waals surface area contributed by atoms with Crippen LogP contribution in [-0.4, -0.2) is 58.6 Å². The SMILES string of the molecule is COC(=O)c1ccc(S(=O)(=O)N2CCNC(C)C2)c(OC)c1.Cl. The van der Waals surface area contributed by atoms with Gasteiger partial charge in [0, 0.05) is 25.7 Å². The van der Waals surface area contributed by atoms with Crippen molar-refractivity contribution in [2.24, 2.45) is 0 Å². The van der Waals surface area contributed by atoms with E-state index in [1.54, 1.807) is 0 Å². The summed E-state index contributed by atoms with van der Waals surface area (Å²) in [6, 6.07) is 4.27. The monoisotopic (exact) mass is 364 g/mol. The molecule has 1 aromatic rings. The van der Waals surface area contributed by atoms with E-state index in [-0.39, 0.29) is 34.7 Å². The van der Waals surface area contributed by atoms with E-state index in [2.05, 4.69) is 10.1 Å². The molecular weight excluding hydrogens is 344 g/mol. The first-order chi connectivity index (χ1) is 10.4. The number of piperazine rings is 1. The van der Waals surface area contributed by atoms with Crippen LogP contribution in [0.1, 0.15) is 17.3 Å². The number of nitrogens with zero attached hydrogens (tertiary/aromatic N) is 1. The Bertz CT molecular complexity index is 665. The first-order valence-corrected chi connectivity index (χ1v) is 8.34. The highest BCUT2D eigenvalue weighted by atomic mass is 35.5. The third-order valence-electron chi connectivity index (χ3n) is 3.53. The van der Waals surface area contributed by atoms with Crippen molar-refractivity contribution in [3.8, 4) is 5.75 Å². The predicted octanol–water partition coefficient (Wildman–Crippen LogP) is 0.886. The van der Waals surface area contributed by atoms with Gasteiger partial charge in [0.15, 0.2) is 0 Å². The quantitative estimate of drug-likeness (QED) is 0.798. The molecule has 1 aromatic carbocycles. The van der Waals surface area contributed by atoms with Gasteiger partial charge in [-0.1, -0.05) is 0 Å². The molecule has 0 saturated carbocycles. The molecule has 0 bridgehead atoms. The molecular formula is C14H21ClN2O5S. The van der Waals surface area contributed by atoms with Crippen LogP contribution in [0.15, 0.2) is 23.1 Å². The Morgan fingerprint density at radius 2 is 2.04 bits per heavy atom. The van der Waals surface area contributed by atoms with Gasteiger partial charge in [-0.2, -0.15) is 4.31 Å². The Morgan fingerprint density at radius 1 is 1.35 bits per heavy atom. The number of rotatable bonds is 4. The molecule has 23 heavy (non-hydrogen) atoms. The summed E-state index contributed by atoms with van der Waals surface area (Å²) in [4.78, 5) is 11.6. The van der Waals surface area contributed by atoms with Crippen molar-refractivity contribution in [1.82, 2.24) is 9.62 Å². The van der Waals surface area contributed by atoms with Crippen molar-refractivity contribution in [3.05, 3.63) is 23.8 Å². The highest BCUT2D eigenvalue weighted by molar-refractivity contribution is 7.89. The summed E-state index contributed by atoms with van der Waals surface area (Å²) in [5.41, 5.74) is 0.243. The Hall–Kier alpha value is -1.35. The fourth-order valence-corrected chi connectivity index (χ4v) is 4.05. The number of carbonyl (C=O) groups excluding carboxylic acids is 1. The normalized spacial score (nSPS) is 18.8. The van der Waals surface area contributed by atoms with Crippen LogP contribution in [-0.2, 0) is 14.8 Å². The van der Waals surface area contributed by atoms with Gasteiger partial charge in [-0.05, 0) is 25.1 Å². The molecule has 1 unspecified atom stereocenters. The lowest BCUT2D eigenvalue weighted by Crippen LogP contribution is -2.51. The minimum atomic E-state index is -3.67. The smallest absolute Gasteiger partial charge is 0.337 e. The minimum absolute atomic E-state index is 0. The standard InChI is InChI=1S/C14H20N2O5S.ClH/c1-10-9-16(7-6-15-10)22(18,19)13-5-4-11(14(17)21-3)8-12(13)20-2;/h4-5,8,10,15H,6-7,9H2,1-3H3;1H. The summed E-state index contributed by atoms with van der Waals surface area (Å²) in [5.74, 6) is -0.410. The van der Waals surface area contributed by atoms with Gasteiger partial charge >= 0.3 is 5.97 Å². The molecule has 0 aromatic heterocycles. The maximum atomic E-state index is 12.8. The molecule has 0 amide bonds. The van der Waals surface area contributed by atoms with E-state index in [0.717, 1.165) is 0 Å². The molecule has 2 rings (SSSR count). The second-order valence-electron chi connectivity index (χ2n) is 5.08. The van der Waals surface area contributed by atoms with Gasteiger partial charge in [0.05, 0.1) is 19.8 Å². The minimum Gasteiger partial charge on any atom is -0.495 e. The lowest BCUT2D eigenvalue weighted by atomic mass is 10.2. The zero-order valence-corrected chi connectivity index (χ0v) is 14.9. The van der Waals surface area contributed by atoms with E-state index >= 15 is 0 Å². The van der Waals surface area contributed by atoms with Crippen LogP contribution in [0.4, 0.5) is 0 Å². The van der Waals surface area contributed by atoms with Crippen LogP contribution in [0, 0.1) is 0 Å². The second-order valence-corrected chi connectivity index (χ2v) is 6.98. The number of hydrogen-bond acceptors (Lipinski definition) is 6. The summed E-state index contributed by atoms with van der Waals surface area (Å²) >= 11 is 0. The zero-order chi connectivity index (χ0) is 16.3. The lowest BCUT2D eigenvalue weighted by molar-refractivity contribution is 0.0600. The number of halogens is 1.